The second kappa shape index (κ2) is 14.2. The molecule has 0 bridgehead atoms. The Hall–Kier alpha value is -4.25. The standard InChI is InChI=1S/C28H30N4.C7H9N/c1-5-19-9-11-29-23(13-19)25-15-21(7-3)17-27(31-25)28-18-22(8-4)16-26(32-28)24-14-20(6-2)10-12-30-24;1-2-7-3-5-8-6-4-7/h9-18H,5-8H2,1-4H3;3-6H,2H2,1H3. The van der Waals surface area contributed by atoms with Gasteiger partial charge in [0.25, 0.3) is 0 Å². The molecule has 0 radical (unpaired) electrons. The molecule has 0 saturated carbocycles. The van der Waals surface area contributed by atoms with Crippen LogP contribution in [0, 0.1) is 0 Å². The van der Waals surface area contributed by atoms with Gasteiger partial charge in [-0.3, -0.25) is 15.0 Å². The summed E-state index contributed by atoms with van der Waals surface area (Å²) in [6.45, 7) is 10.8. The highest BCUT2D eigenvalue weighted by molar-refractivity contribution is 5.67. The smallest absolute Gasteiger partial charge is 0.0897 e. The molecule has 0 saturated heterocycles. The van der Waals surface area contributed by atoms with Crippen molar-refractivity contribution in [2.75, 3.05) is 0 Å². The first-order valence-corrected chi connectivity index (χ1v) is 14.4. The van der Waals surface area contributed by atoms with Crippen LogP contribution in [0.2, 0.25) is 0 Å². The van der Waals surface area contributed by atoms with E-state index >= 15 is 0 Å². The number of nitrogens with zero attached hydrogens (tertiary/aromatic N) is 5. The zero-order valence-corrected chi connectivity index (χ0v) is 24.4. The number of aryl methyl sites for hydroxylation is 5. The predicted octanol–water partition coefficient (Wildman–Crippen LogP) is 8.16. The van der Waals surface area contributed by atoms with E-state index in [2.05, 4.69) is 98.1 Å². The Bertz CT molecular complexity index is 1430. The summed E-state index contributed by atoms with van der Waals surface area (Å²) in [7, 11) is 0. The van der Waals surface area contributed by atoms with Crippen molar-refractivity contribution < 1.29 is 0 Å². The first kappa shape index (κ1) is 28.8. The topological polar surface area (TPSA) is 64.5 Å². The van der Waals surface area contributed by atoms with E-state index in [9.17, 15) is 0 Å². The Kier molecular flexibility index (Phi) is 10.2. The summed E-state index contributed by atoms with van der Waals surface area (Å²) in [4.78, 5) is 23.1. The normalized spacial score (nSPS) is 10.6. The predicted molar refractivity (Wildman–Crippen MR) is 165 cm³/mol. The van der Waals surface area contributed by atoms with Crippen LogP contribution >= 0.6 is 0 Å². The lowest BCUT2D eigenvalue weighted by Gasteiger charge is -2.11. The van der Waals surface area contributed by atoms with Crippen molar-refractivity contribution in [2.24, 2.45) is 0 Å². The minimum Gasteiger partial charge on any atom is -0.265 e. The monoisotopic (exact) mass is 529 g/mol. The third-order valence-corrected chi connectivity index (χ3v) is 7.00. The second-order valence-electron chi connectivity index (χ2n) is 9.71. The van der Waals surface area contributed by atoms with Gasteiger partial charge < -0.3 is 0 Å². The molecule has 40 heavy (non-hydrogen) atoms. The highest BCUT2D eigenvalue weighted by Crippen LogP contribution is 2.27. The Morgan fingerprint density at radius 2 is 0.700 bits per heavy atom. The lowest BCUT2D eigenvalue weighted by Crippen LogP contribution is -1.99. The zero-order chi connectivity index (χ0) is 28.3. The van der Waals surface area contributed by atoms with Crippen molar-refractivity contribution in [1.82, 2.24) is 24.9 Å². The Morgan fingerprint density at radius 1 is 0.375 bits per heavy atom. The molecular formula is C35H39N5. The molecule has 204 valence electrons. The third kappa shape index (κ3) is 7.44. The van der Waals surface area contributed by atoms with Crippen LogP contribution in [0.1, 0.15) is 62.4 Å². The molecule has 0 aromatic carbocycles. The fraction of sp³-hybridized carbons (Fsp3) is 0.286. The van der Waals surface area contributed by atoms with E-state index in [0.29, 0.717) is 0 Å². The van der Waals surface area contributed by atoms with E-state index in [1.54, 1.807) is 0 Å². The van der Waals surface area contributed by atoms with Crippen LogP contribution in [0.25, 0.3) is 34.2 Å². The molecule has 5 aromatic heterocycles. The van der Waals surface area contributed by atoms with Crippen LogP contribution in [0.3, 0.4) is 0 Å². The van der Waals surface area contributed by atoms with Crippen molar-refractivity contribution in [2.45, 2.75) is 66.7 Å². The van der Waals surface area contributed by atoms with Gasteiger partial charge in [0.1, 0.15) is 0 Å². The number of aromatic nitrogens is 5. The molecule has 5 aromatic rings. The molecule has 5 rings (SSSR count). The summed E-state index contributed by atoms with van der Waals surface area (Å²) in [6.07, 6.45) is 12.3. The summed E-state index contributed by atoms with van der Waals surface area (Å²) in [5.74, 6) is 0. The summed E-state index contributed by atoms with van der Waals surface area (Å²) >= 11 is 0. The first-order chi connectivity index (χ1) is 19.6. The summed E-state index contributed by atoms with van der Waals surface area (Å²) in [5.41, 5.74) is 11.7. The van der Waals surface area contributed by atoms with Crippen molar-refractivity contribution in [3.63, 3.8) is 0 Å². The minimum absolute atomic E-state index is 0.881. The molecule has 5 heterocycles. The lowest BCUT2D eigenvalue weighted by molar-refractivity contribution is 1.08. The van der Waals surface area contributed by atoms with Gasteiger partial charge in [-0.2, -0.15) is 0 Å². The molecule has 0 aliphatic heterocycles. The molecule has 0 N–H and O–H groups in total. The Balaban J connectivity index is 0.000000398. The molecular weight excluding hydrogens is 490 g/mol. The van der Waals surface area contributed by atoms with Gasteiger partial charge in [0.2, 0.25) is 0 Å². The highest BCUT2D eigenvalue weighted by atomic mass is 14.8. The maximum absolute atomic E-state index is 5.00. The molecule has 0 atom stereocenters. The molecule has 0 spiro atoms. The van der Waals surface area contributed by atoms with Crippen molar-refractivity contribution in [3.8, 4) is 34.2 Å². The quantitative estimate of drug-likeness (QED) is 0.203. The second-order valence-corrected chi connectivity index (χ2v) is 9.71. The number of pyridine rings is 5. The average Bonchev–Trinajstić information content (AvgIpc) is 3.04. The van der Waals surface area contributed by atoms with Crippen LogP contribution in [0.4, 0.5) is 0 Å². The maximum atomic E-state index is 5.00. The van der Waals surface area contributed by atoms with Gasteiger partial charge in [0, 0.05) is 24.8 Å². The summed E-state index contributed by atoms with van der Waals surface area (Å²) in [5, 5.41) is 0. The van der Waals surface area contributed by atoms with E-state index < -0.39 is 0 Å². The van der Waals surface area contributed by atoms with Gasteiger partial charge in [-0.15, -0.1) is 0 Å². The molecule has 5 heteroatoms. The molecule has 0 aliphatic carbocycles. The van der Waals surface area contributed by atoms with E-state index in [-0.39, 0.29) is 0 Å². The number of hydrogen-bond acceptors (Lipinski definition) is 5. The third-order valence-electron chi connectivity index (χ3n) is 7.00. The fourth-order valence-electron chi connectivity index (χ4n) is 4.39. The molecule has 0 amide bonds. The van der Waals surface area contributed by atoms with Crippen molar-refractivity contribution in [3.05, 3.63) is 113 Å². The maximum Gasteiger partial charge on any atom is 0.0897 e. The van der Waals surface area contributed by atoms with Crippen LogP contribution in [0.15, 0.2) is 85.5 Å². The van der Waals surface area contributed by atoms with Crippen molar-refractivity contribution >= 4 is 0 Å². The SMILES string of the molecule is CCc1ccnc(-c2cc(CC)cc(-c3cc(CC)cc(-c4cc(CC)ccn4)n3)n2)c1.CCc1ccncc1. The summed E-state index contributed by atoms with van der Waals surface area (Å²) in [6, 6.07) is 21.0. The van der Waals surface area contributed by atoms with Crippen LogP contribution < -0.4 is 0 Å². The van der Waals surface area contributed by atoms with Crippen molar-refractivity contribution in [1.29, 1.82) is 0 Å². The summed E-state index contributed by atoms with van der Waals surface area (Å²) < 4.78 is 0. The lowest BCUT2D eigenvalue weighted by atomic mass is 10.0. The molecule has 0 aliphatic rings. The highest BCUT2D eigenvalue weighted by Gasteiger charge is 2.13. The number of hydrogen-bond donors (Lipinski definition) is 0. The Morgan fingerprint density at radius 3 is 1.05 bits per heavy atom. The molecule has 5 nitrogen and oxygen atoms in total. The number of rotatable bonds is 8. The Labute approximate surface area is 238 Å². The largest absolute Gasteiger partial charge is 0.265 e. The van der Waals surface area contributed by atoms with Gasteiger partial charge in [-0.05, 0) is 121 Å². The van der Waals surface area contributed by atoms with E-state index in [4.69, 9.17) is 9.97 Å². The van der Waals surface area contributed by atoms with Crippen LogP contribution in [-0.2, 0) is 32.1 Å². The molecule has 0 fully saturated rings. The van der Waals surface area contributed by atoms with Gasteiger partial charge in [-0.1, -0.05) is 34.6 Å². The van der Waals surface area contributed by atoms with E-state index in [0.717, 1.165) is 66.3 Å². The van der Waals surface area contributed by atoms with Gasteiger partial charge in [0.05, 0.1) is 34.2 Å². The van der Waals surface area contributed by atoms with Crippen LogP contribution in [0.5, 0.6) is 0 Å². The first-order valence-electron chi connectivity index (χ1n) is 14.4. The van der Waals surface area contributed by atoms with Gasteiger partial charge in [0.15, 0.2) is 0 Å². The minimum atomic E-state index is 0.881. The average molecular weight is 530 g/mol. The fourth-order valence-corrected chi connectivity index (χ4v) is 4.39. The molecule has 0 unspecified atom stereocenters. The van der Waals surface area contributed by atoms with Gasteiger partial charge >= 0.3 is 0 Å². The van der Waals surface area contributed by atoms with Gasteiger partial charge in [-0.25, -0.2) is 9.97 Å². The van der Waals surface area contributed by atoms with Crippen LogP contribution in [-0.4, -0.2) is 24.9 Å². The van der Waals surface area contributed by atoms with E-state index in [1.807, 2.05) is 36.9 Å². The zero-order valence-electron chi connectivity index (χ0n) is 24.4. The van der Waals surface area contributed by atoms with E-state index in [1.165, 1.54) is 27.8 Å².